The van der Waals surface area contributed by atoms with Gasteiger partial charge in [-0.15, -0.1) is 0 Å². The highest BCUT2D eigenvalue weighted by Gasteiger charge is 1.99. The first kappa shape index (κ1) is 7.19. The first-order chi connectivity index (χ1) is 4.74. The molecule has 0 unspecified atom stereocenters. The fraction of sp³-hybridized carbons (Fsp3) is 0.250. The number of hydrogen-bond acceptors (Lipinski definition) is 0. The van der Waals surface area contributed by atoms with Gasteiger partial charge in [0.2, 0.25) is 0 Å². The molecule has 0 amide bonds. The van der Waals surface area contributed by atoms with E-state index in [2.05, 4.69) is 0 Å². The summed E-state index contributed by atoms with van der Waals surface area (Å²) in [6, 6.07) is 3.63. The Bertz CT molecular complexity index is 231. The van der Waals surface area contributed by atoms with E-state index < -0.39 is 11.6 Å². The Morgan fingerprint density at radius 1 is 1.30 bits per heavy atom. The van der Waals surface area contributed by atoms with Crippen LogP contribution >= 0.6 is 0 Å². The van der Waals surface area contributed by atoms with Crippen LogP contribution in [0.4, 0.5) is 8.78 Å². The first-order valence-corrected chi connectivity index (χ1v) is 3.18. The average Bonchev–Trinajstić information content (AvgIpc) is 1.88. The maximum Gasteiger partial charge on any atom is 0.129 e. The van der Waals surface area contributed by atoms with E-state index in [0.29, 0.717) is 12.0 Å². The predicted molar refractivity (Wildman–Crippen MR) is 35.7 cm³/mol. The van der Waals surface area contributed by atoms with Crippen molar-refractivity contribution in [2.75, 3.05) is 0 Å². The van der Waals surface area contributed by atoms with Crippen LogP contribution in [0, 0.1) is 11.6 Å². The van der Waals surface area contributed by atoms with Crippen molar-refractivity contribution in [3.63, 3.8) is 0 Å². The van der Waals surface area contributed by atoms with E-state index in [-0.39, 0.29) is 0 Å². The van der Waals surface area contributed by atoms with Gasteiger partial charge in [0.15, 0.2) is 0 Å². The van der Waals surface area contributed by atoms with Crippen LogP contribution in [0.3, 0.4) is 0 Å². The van der Waals surface area contributed by atoms with Crippen LogP contribution in [0.25, 0.3) is 0 Å². The van der Waals surface area contributed by atoms with Gasteiger partial charge >= 0.3 is 0 Å². The van der Waals surface area contributed by atoms with E-state index in [1.54, 1.807) is 0 Å². The molecule has 10 heavy (non-hydrogen) atoms. The van der Waals surface area contributed by atoms with Crippen LogP contribution < -0.4 is 0 Å². The van der Waals surface area contributed by atoms with Crippen molar-refractivity contribution in [3.8, 4) is 0 Å². The number of rotatable bonds is 1. The van der Waals surface area contributed by atoms with Gasteiger partial charge in [-0.05, 0) is 18.1 Å². The van der Waals surface area contributed by atoms with E-state index in [1.165, 1.54) is 12.1 Å². The zero-order valence-electron chi connectivity index (χ0n) is 5.70. The lowest BCUT2D eigenvalue weighted by Gasteiger charge is -1.96. The van der Waals surface area contributed by atoms with Gasteiger partial charge < -0.3 is 0 Å². The Hall–Kier alpha value is -0.920. The zero-order chi connectivity index (χ0) is 7.56. The third kappa shape index (κ3) is 1.32. The molecule has 0 aliphatic rings. The van der Waals surface area contributed by atoms with Gasteiger partial charge in [0, 0.05) is 6.07 Å². The topological polar surface area (TPSA) is 0 Å². The zero-order valence-corrected chi connectivity index (χ0v) is 5.70. The van der Waals surface area contributed by atoms with Crippen molar-refractivity contribution >= 4 is 0 Å². The second kappa shape index (κ2) is 2.78. The van der Waals surface area contributed by atoms with Crippen molar-refractivity contribution in [2.24, 2.45) is 0 Å². The molecule has 54 valence electrons. The van der Waals surface area contributed by atoms with E-state index in [4.69, 9.17) is 0 Å². The molecule has 0 fully saturated rings. The molecule has 0 nitrogen and oxygen atoms in total. The van der Waals surface area contributed by atoms with Gasteiger partial charge in [0.25, 0.3) is 0 Å². The Kier molecular flexibility index (Phi) is 2.00. The monoisotopic (exact) mass is 142 g/mol. The second-order valence-electron chi connectivity index (χ2n) is 2.09. The minimum absolute atomic E-state index is 0.456. The second-order valence-corrected chi connectivity index (χ2v) is 2.09. The summed E-state index contributed by atoms with van der Waals surface area (Å²) < 4.78 is 24.9. The third-order valence-electron chi connectivity index (χ3n) is 1.40. The molecule has 0 saturated heterocycles. The lowest BCUT2D eigenvalue weighted by Crippen LogP contribution is -1.87. The largest absolute Gasteiger partial charge is 0.207 e. The fourth-order valence-corrected chi connectivity index (χ4v) is 0.808. The van der Waals surface area contributed by atoms with Crippen molar-refractivity contribution in [1.82, 2.24) is 0 Å². The summed E-state index contributed by atoms with van der Waals surface area (Å²) in [4.78, 5) is 0. The summed E-state index contributed by atoms with van der Waals surface area (Å²) in [6.07, 6.45) is 0.603. The minimum atomic E-state index is -0.519. The molecular formula is C8H8F2. The van der Waals surface area contributed by atoms with Gasteiger partial charge in [0.1, 0.15) is 11.6 Å². The van der Waals surface area contributed by atoms with Gasteiger partial charge in [0.05, 0.1) is 0 Å². The number of aryl methyl sites for hydroxylation is 1. The quantitative estimate of drug-likeness (QED) is 0.565. The SMILES string of the molecule is CCc1ccc(F)cc1F. The molecule has 2 heteroatoms. The molecule has 1 aromatic rings. The Balaban J connectivity index is 3.07. The van der Waals surface area contributed by atoms with Crippen LogP contribution in [0.15, 0.2) is 18.2 Å². The molecular weight excluding hydrogens is 134 g/mol. The Labute approximate surface area is 58.5 Å². The van der Waals surface area contributed by atoms with Gasteiger partial charge in [-0.25, -0.2) is 8.78 Å². The van der Waals surface area contributed by atoms with Crippen molar-refractivity contribution in [1.29, 1.82) is 0 Å². The molecule has 0 N–H and O–H groups in total. The highest BCUT2D eigenvalue weighted by Crippen LogP contribution is 2.09. The van der Waals surface area contributed by atoms with E-state index in [9.17, 15) is 8.78 Å². The average molecular weight is 142 g/mol. The molecule has 0 aliphatic carbocycles. The highest BCUT2D eigenvalue weighted by molar-refractivity contribution is 5.17. The van der Waals surface area contributed by atoms with E-state index in [1.807, 2.05) is 6.92 Å². The molecule has 0 aromatic heterocycles. The molecule has 0 spiro atoms. The molecule has 0 aliphatic heterocycles. The van der Waals surface area contributed by atoms with E-state index in [0.717, 1.165) is 6.07 Å². The smallest absolute Gasteiger partial charge is 0.129 e. The molecule has 0 bridgehead atoms. The molecule has 0 saturated carbocycles. The summed E-state index contributed by atoms with van der Waals surface area (Å²) in [6.45, 7) is 1.83. The number of halogens is 2. The number of benzene rings is 1. The Morgan fingerprint density at radius 3 is 2.50 bits per heavy atom. The molecule has 0 radical (unpaired) electrons. The van der Waals surface area contributed by atoms with Crippen LogP contribution in [-0.4, -0.2) is 0 Å². The van der Waals surface area contributed by atoms with Crippen LogP contribution in [0.2, 0.25) is 0 Å². The van der Waals surface area contributed by atoms with Crippen molar-refractivity contribution in [3.05, 3.63) is 35.4 Å². The van der Waals surface area contributed by atoms with E-state index >= 15 is 0 Å². The normalized spacial score (nSPS) is 9.90. The summed E-state index contributed by atoms with van der Waals surface area (Å²) in [7, 11) is 0. The van der Waals surface area contributed by atoms with Gasteiger partial charge in [-0.3, -0.25) is 0 Å². The van der Waals surface area contributed by atoms with Crippen LogP contribution in [-0.2, 0) is 6.42 Å². The molecule has 0 heterocycles. The summed E-state index contributed by atoms with van der Waals surface area (Å²) in [5.74, 6) is -0.975. The standard InChI is InChI=1S/C8H8F2/c1-2-6-3-4-7(9)5-8(6)10/h3-5H,2H2,1H3. The van der Waals surface area contributed by atoms with Crippen LogP contribution in [0.5, 0.6) is 0 Å². The highest BCUT2D eigenvalue weighted by atomic mass is 19.1. The van der Waals surface area contributed by atoms with Crippen molar-refractivity contribution in [2.45, 2.75) is 13.3 Å². The van der Waals surface area contributed by atoms with Gasteiger partial charge in [-0.1, -0.05) is 13.0 Å². The minimum Gasteiger partial charge on any atom is -0.207 e. The van der Waals surface area contributed by atoms with Crippen LogP contribution in [0.1, 0.15) is 12.5 Å². The maximum absolute atomic E-state index is 12.6. The lowest BCUT2D eigenvalue weighted by atomic mass is 10.1. The molecule has 0 atom stereocenters. The maximum atomic E-state index is 12.6. The summed E-state index contributed by atoms with van der Waals surface area (Å²) >= 11 is 0. The first-order valence-electron chi connectivity index (χ1n) is 3.18. The van der Waals surface area contributed by atoms with Crippen molar-refractivity contribution < 1.29 is 8.78 Å². The number of hydrogen-bond donors (Lipinski definition) is 0. The molecule has 1 rings (SSSR count). The summed E-state index contributed by atoms with van der Waals surface area (Å²) in [5, 5.41) is 0. The predicted octanol–water partition coefficient (Wildman–Crippen LogP) is 2.53. The summed E-state index contributed by atoms with van der Waals surface area (Å²) in [5.41, 5.74) is 0.557. The molecule has 1 aromatic carbocycles. The van der Waals surface area contributed by atoms with Gasteiger partial charge in [-0.2, -0.15) is 0 Å². The third-order valence-corrected chi connectivity index (χ3v) is 1.40. The Morgan fingerprint density at radius 2 is 2.00 bits per heavy atom. The lowest BCUT2D eigenvalue weighted by molar-refractivity contribution is 0.573. The fourth-order valence-electron chi connectivity index (χ4n) is 0.808.